The van der Waals surface area contributed by atoms with Crippen molar-refractivity contribution in [3.8, 4) is 0 Å². The molecule has 3 rings (SSSR count). The Bertz CT molecular complexity index is 801. The van der Waals surface area contributed by atoms with Gasteiger partial charge in [0.15, 0.2) is 0 Å². The van der Waals surface area contributed by atoms with Gasteiger partial charge >= 0.3 is 0 Å². The molecule has 0 saturated carbocycles. The molecule has 3 aromatic rings. The molecule has 0 atom stereocenters. The first kappa shape index (κ1) is 17.0. The minimum absolute atomic E-state index is 0.0321. The number of aryl methyl sites for hydroxylation is 2. The van der Waals surface area contributed by atoms with E-state index < -0.39 is 0 Å². The number of benzene rings is 3. The average molecular weight is 329 g/mol. The van der Waals surface area contributed by atoms with Crippen LogP contribution in [0.25, 0.3) is 0 Å². The number of nitrogens with one attached hydrogen (secondary N) is 1. The van der Waals surface area contributed by atoms with Gasteiger partial charge in [-0.1, -0.05) is 84.4 Å². The highest BCUT2D eigenvalue weighted by atomic mass is 16.1. The van der Waals surface area contributed by atoms with Gasteiger partial charge in [0.1, 0.15) is 0 Å². The van der Waals surface area contributed by atoms with Crippen molar-refractivity contribution < 1.29 is 4.79 Å². The second kappa shape index (κ2) is 7.80. The van der Waals surface area contributed by atoms with Crippen molar-refractivity contribution in [1.29, 1.82) is 0 Å². The summed E-state index contributed by atoms with van der Waals surface area (Å²) in [5.74, 6) is 0.0321. The molecule has 0 fully saturated rings. The van der Waals surface area contributed by atoms with Crippen LogP contribution in [0.3, 0.4) is 0 Å². The molecule has 0 aliphatic rings. The van der Waals surface area contributed by atoms with Gasteiger partial charge in [0.2, 0.25) is 5.91 Å². The summed E-state index contributed by atoms with van der Waals surface area (Å²) < 4.78 is 0. The quantitative estimate of drug-likeness (QED) is 0.719. The largest absolute Gasteiger partial charge is 0.345 e. The van der Waals surface area contributed by atoms with Crippen LogP contribution < -0.4 is 5.32 Å². The van der Waals surface area contributed by atoms with Crippen LogP contribution in [-0.2, 0) is 11.2 Å². The molecule has 2 nitrogen and oxygen atoms in total. The van der Waals surface area contributed by atoms with Crippen LogP contribution in [0.1, 0.15) is 33.9 Å². The summed E-state index contributed by atoms with van der Waals surface area (Å²) in [4.78, 5) is 12.7. The van der Waals surface area contributed by atoms with E-state index in [1.807, 2.05) is 42.5 Å². The lowest BCUT2D eigenvalue weighted by atomic mass is 9.97. The summed E-state index contributed by atoms with van der Waals surface area (Å²) in [5, 5.41) is 3.20. The standard InChI is InChI=1S/C23H23NO/c1-17-13-14-21(18(2)15-17)16-22(25)24-23(19-9-5-3-6-10-19)20-11-7-4-8-12-20/h3-15,23H,16H2,1-2H3,(H,24,25). The van der Waals surface area contributed by atoms with Crippen molar-refractivity contribution in [2.75, 3.05) is 0 Å². The van der Waals surface area contributed by atoms with E-state index in [1.165, 1.54) is 5.56 Å². The third-order valence-corrected chi connectivity index (χ3v) is 4.42. The maximum absolute atomic E-state index is 12.7. The van der Waals surface area contributed by atoms with Gasteiger partial charge in [-0.2, -0.15) is 0 Å². The van der Waals surface area contributed by atoms with Gasteiger partial charge in [-0.3, -0.25) is 4.79 Å². The average Bonchev–Trinajstić information content (AvgIpc) is 2.63. The Kier molecular flexibility index (Phi) is 5.30. The molecular weight excluding hydrogens is 306 g/mol. The number of rotatable bonds is 5. The molecule has 0 radical (unpaired) electrons. The summed E-state index contributed by atoms with van der Waals surface area (Å²) in [7, 11) is 0. The number of amides is 1. The predicted molar refractivity (Wildman–Crippen MR) is 102 cm³/mol. The molecule has 0 bridgehead atoms. The van der Waals surface area contributed by atoms with E-state index in [4.69, 9.17) is 0 Å². The molecule has 0 aliphatic heterocycles. The highest BCUT2D eigenvalue weighted by Crippen LogP contribution is 2.22. The third-order valence-electron chi connectivity index (χ3n) is 4.42. The second-order valence-corrected chi connectivity index (χ2v) is 6.43. The molecule has 0 saturated heterocycles. The van der Waals surface area contributed by atoms with Crippen molar-refractivity contribution >= 4 is 5.91 Å². The van der Waals surface area contributed by atoms with Crippen molar-refractivity contribution in [3.63, 3.8) is 0 Å². The zero-order valence-corrected chi connectivity index (χ0v) is 14.7. The molecule has 0 aromatic heterocycles. The minimum atomic E-state index is -0.138. The molecule has 1 N–H and O–H groups in total. The minimum Gasteiger partial charge on any atom is -0.345 e. The van der Waals surface area contributed by atoms with Crippen LogP contribution in [0, 0.1) is 13.8 Å². The fraction of sp³-hybridized carbons (Fsp3) is 0.174. The van der Waals surface area contributed by atoms with E-state index in [0.717, 1.165) is 22.3 Å². The lowest BCUT2D eigenvalue weighted by Crippen LogP contribution is -2.30. The maximum Gasteiger partial charge on any atom is 0.225 e. The zero-order valence-electron chi connectivity index (χ0n) is 14.7. The number of carbonyl (C=O) groups is 1. The highest BCUT2D eigenvalue weighted by molar-refractivity contribution is 5.80. The van der Waals surface area contributed by atoms with Crippen LogP contribution in [-0.4, -0.2) is 5.91 Å². The molecular formula is C23H23NO. The summed E-state index contributed by atoms with van der Waals surface area (Å²) in [6.07, 6.45) is 0.391. The first-order valence-corrected chi connectivity index (χ1v) is 8.59. The normalized spacial score (nSPS) is 10.7. The van der Waals surface area contributed by atoms with E-state index in [2.05, 4.69) is 55.6 Å². The molecule has 0 aliphatic carbocycles. The zero-order chi connectivity index (χ0) is 17.6. The number of hydrogen-bond donors (Lipinski definition) is 1. The molecule has 2 heteroatoms. The lowest BCUT2D eigenvalue weighted by Gasteiger charge is -2.20. The van der Waals surface area contributed by atoms with Crippen molar-refractivity contribution in [3.05, 3.63) is 107 Å². The topological polar surface area (TPSA) is 29.1 Å². The first-order chi connectivity index (χ1) is 12.1. The highest BCUT2D eigenvalue weighted by Gasteiger charge is 2.17. The third kappa shape index (κ3) is 4.36. The van der Waals surface area contributed by atoms with Crippen LogP contribution in [0.2, 0.25) is 0 Å². The van der Waals surface area contributed by atoms with Gasteiger partial charge in [0.05, 0.1) is 12.5 Å². The SMILES string of the molecule is Cc1ccc(CC(=O)NC(c2ccccc2)c2ccccc2)c(C)c1. The van der Waals surface area contributed by atoms with Gasteiger partial charge in [0, 0.05) is 0 Å². The Morgan fingerprint density at radius 3 is 1.92 bits per heavy atom. The van der Waals surface area contributed by atoms with E-state index in [9.17, 15) is 4.79 Å². The van der Waals surface area contributed by atoms with Crippen LogP contribution in [0.15, 0.2) is 78.9 Å². The summed E-state index contributed by atoms with van der Waals surface area (Å²) in [6.45, 7) is 4.12. The molecule has 1 amide bonds. The van der Waals surface area contributed by atoms with Crippen molar-refractivity contribution in [2.24, 2.45) is 0 Å². The number of hydrogen-bond acceptors (Lipinski definition) is 1. The molecule has 25 heavy (non-hydrogen) atoms. The smallest absolute Gasteiger partial charge is 0.225 e. The fourth-order valence-corrected chi connectivity index (χ4v) is 3.08. The second-order valence-electron chi connectivity index (χ2n) is 6.43. The van der Waals surface area contributed by atoms with Gasteiger partial charge in [-0.25, -0.2) is 0 Å². The van der Waals surface area contributed by atoms with Crippen LogP contribution in [0.5, 0.6) is 0 Å². The van der Waals surface area contributed by atoms with Crippen molar-refractivity contribution in [1.82, 2.24) is 5.32 Å². The Balaban J connectivity index is 1.82. The van der Waals surface area contributed by atoms with Gasteiger partial charge in [0.25, 0.3) is 0 Å². The monoisotopic (exact) mass is 329 g/mol. The van der Waals surface area contributed by atoms with Crippen LogP contribution in [0.4, 0.5) is 0 Å². The Labute approximate surface area is 149 Å². The molecule has 3 aromatic carbocycles. The lowest BCUT2D eigenvalue weighted by molar-refractivity contribution is -0.120. The molecule has 0 spiro atoms. The Morgan fingerprint density at radius 2 is 1.40 bits per heavy atom. The molecule has 0 heterocycles. The predicted octanol–water partition coefficient (Wildman–Crippen LogP) is 4.75. The van der Waals surface area contributed by atoms with E-state index in [0.29, 0.717) is 6.42 Å². The summed E-state index contributed by atoms with van der Waals surface area (Å²) in [6, 6.07) is 26.3. The Hall–Kier alpha value is -2.87. The molecule has 0 unspecified atom stereocenters. The van der Waals surface area contributed by atoms with E-state index in [-0.39, 0.29) is 11.9 Å². The van der Waals surface area contributed by atoms with E-state index in [1.54, 1.807) is 0 Å². The van der Waals surface area contributed by atoms with Gasteiger partial charge < -0.3 is 5.32 Å². The van der Waals surface area contributed by atoms with Gasteiger partial charge in [-0.15, -0.1) is 0 Å². The fourth-order valence-electron chi connectivity index (χ4n) is 3.08. The summed E-state index contributed by atoms with van der Waals surface area (Å²) >= 11 is 0. The van der Waals surface area contributed by atoms with Crippen LogP contribution >= 0.6 is 0 Å². The number of carbonyl (C=O) groups excluding carboxylic acids is 1. The van der Waals surface area contributed by atoms with Gasteiger partial charge in [-0.05, 0) is 36.1 Å². The molecule has 126 valence electrons. The van der Waals surface area contributed by atoms with Crippen molar-refractivity contribution in [2.45, 2.75) is 26.3 Å². The maximum atomic E-state index is 12.7. The first-order valence-electron chi connectivity index (χ1n) is 8.59. The Morgan fingerprint density at radius 1 is 0.840 bits per heavy atom. The van der Waals surface area contributed by atoms with E-state index >= 15 is 0 Å². The summed E-state index contributed by atoms with van der Waals surface area (Å²) in [5.41, 5.74) is 5.62.